The summed E-state index contributed by atoms with van der Waals surface area (Å²) in [4.78, 5) is 45.9. The van der Waals surface area contributed by atoms with Gasteiger partial charge in [-0.1, -0.05) is 104 Å². The average Bonchev–Trinajstić information content (AvgIpc) is 3.30. The van der Waals surface area contributed by atoms with Gasteiger partial charge in [-0.15, -0.1) is 0 Å². The minimum atomic E-state index is -1.85. The normalized spacial score (nSPS) is 16.9. The molecule has 2 aliphatic heterocycles. The van der Waals surface area contributed by atoms with E-state index in [1.807, 2.05) is 97.1 Å². The summed E-state index contributed by atoms with van der Waals surface area (Å²) in [5.41, 5.74) is 2.73. The van der Waals surface area contributed by atoms with Crippen LogP contribution in [0.5, 0.6) is 11.5 Å². The van der Waals surface area contributed by atoms with Crippen molar-refractivity contribution in [1.82, 2.24) is 4.90 Å². The molecule has 262 valence electrons. The minimum Gasteiger partial charge on any atom is -0.454 e. The molecule has 2 N–H and O–H groups in total. The Labute approximate surface area is 302 Å². The molecule has 9 nitrogen and oxygen atoms in total. The monoisotopic (exact) mass is 693 g/mol. The number of aliphatic hydroxyl groups excluding tert-OH is 1. The smallest absolute Gasteiger partial charge is 0.266 e. The number of hydrogen-bond donors (Lipinski definition) is 2. The molecule has 0 unspecified atom stereocenters. The number of hydrogen-bond acceptors (Lipinski definition) is 6. The van der Waals surface area contributed by atoms with E-state index in [-0.39, 0.29) is 37.9 Å². The number of carbonyl (C=O) groups excluding carboxylic acids is 3. The first-order chi connectivity index (χ1) is 25.3. The average molecular weight is 694 g/mol. The summed E-state index contributed by atoms with van der Waals surface area (Å²) in [7, 11) is 0. The summed E-state index contributed by atoms with van der Waals surface area (Å²) in [5.74, 6) is -0.453. The van der Waals surface area contributed by atoms with Crippen LogP contribution in [0.2, 0.25) is 0 Å². The molecule has 0 aromatic heterocycles. The zero-order chi connectivity index (χ0) is 36.2. The van der Waals surface area contributed by atoms with Crippen LogP contribution in [-0.2, 0) is 28.3 Å². The molecule has 3 amide bonds. The van der Waals surface area contributed by atoms with Crippen LogP contribution in [-0.4, -0.2) is 46.0 Å². The number of anilines is 3. The Kier molecular flexibility index (Phi) is 9.71. The highest BCUT2D eigenvalue weighted by Gasteiger charge is 2.52. The molecule has 0 fully saturated rings. The van der Waals surface area contributed by atoms with Crippen LogP contribution in [0.25, 0.3) is 0 Å². The van der Waals surface area contributed by atoms with Gasteiger partial charge in [-0.3, -0.25) is 19.3 Å². The first-order valence-electron chi connectivity index (χ1n) is 17.3. The maximum absolute atomic E-state index is 14.1. The van der Waals surface area contributed by atoms with Gasteiger partial charge in [0, 0.05) is 36.7 Å². The molecule has 5 aromatic rings. The molecular weight excluding hydrogens is 654 g/mol. The van der Waals surface area contributed by atoms with E-state index in [4.69, 9.17) is 4.74 Å². The Morgan fingerprint density at radius 2 is 1.46 bits per heavy atom. The van der Waals surface area contributed by atoms with Crippen LogP contribution in [0.4, 0.5) is 17.1 Å². The third kappa shape index (κ3) is 6.48. The third-order valence-electron chi connectivity index (χ3n) is 9.67. The lowest BCUT2D eigenvalue weighted by Crippen LogP contribution is -2.44. The number of rotatable bonds is 11. The van der Waals surface area contributed by atoms with E-state index in [9.17, 15) is 24.6 Å². The second-order valence-corrected chi connectivity index (χ2v) is 13.0. The third-order valence-corrected chi connectivity index (χ3v) is 9.67. The summed E-state index contributed by atoms with van der Waals surface area (Å²) in [5, 5.41) is 21.7. The Morgan fingerprint density at radius 1 is 0.808 bits per heavy atom. The highest BCUT2D eigenvalue weighted by atomic mass is 16.5. The van der Waals surface area contributed by atoms with Crippen molar-refractivity contribution >= 4 is 34.8 Å². The second kappa shape index (κ2) is 14.7. The molecule has 9 heteroatoms. The Balaban J connectivity index is 1.09. The number of ether oxygens (including phenoxy) is 1. The first kappa shape index (κ1) is 34.4. The number of nitrogens with zero attached hydrogens (tertiary/aromatic N) is 3. The SMILES string of the molecule is C[C@@H](/C=C/CC(=O)N(CCO)Cc1ccccc1)[C@]1(O)C(=O)N(Cc2ccc(N3C(=O)c4ccccc4Oc4ccccc43)cc2)c2ccccc21. The Morgan fingerprint density at radius 3 is 2.21 bits per heavy atom. The lowest BCUT2D eigenvalue weighted by Gasteiger charge is -2.28. The Bertz CT molecular complexity index is 2130. The van der Waals surface area contributed by atoms with E-state index in [0.29, 0.717) is 46.2 Å². The largest absolute Gasteiger partial charge is 0.454 e. The van der Waals surface area contributed by atoms with Crippen LogP contribution in [0.15, 0.2) is 140 Å². The van der Waals surface area contributed by atoms with Crippen molar-refractivity contribution < 1.29 is 29.3 Å². The summed E-state index contributed by atoms with van der Waals surface area (Å²) < 4.78 is 6.14. The maximum Gasteiger partial charge on any atom is 0.266 e. The lowest BCUT2D eigenvalue weighted by atomic mass is 9.83. The second-order valence-electron chi connectivity index (χ2n) is 13.0. The molecule has 0 radical (unpaired) electrons. The summed E-state index contributed by atoms with van der Waals surface area (Å²) in [6.07, 6.45) is 3.45. The molecule has 5 aromatic carbocycles. The van der Waals surface area contributed by atoms with Crippen molar-refractivity contribution in [3.8, 4) is 11.5 Å². The number of para-hydroxylation sites is 4. The number of carbonyl (C=O) groups is 3. The molecule has 0 bridgehead atoms. The minimum absolute atomic E-state index is 0.0564. The number of fused-ring (bicyclic) bond motifs is 3. The predicted molar refractivity (Wildman–Crippen MR) is 199 cm³/mol. The molecule has 2 heterocycles. The first-order valence-corrected chi connectivity index (χ1v) is 17.3. The number of benzene rings is 5. The highest BCUT2D eigenvalue weighted by Crippen LogP contribution is 2.46. The molecular formula is C43H39N3O6. The maximum atomic E-state index is 14.1. The van der Waals surface area contributed by atoms with Crippen molar-refractivity contribution in [3.05, 3.63) is 162 Å². The molecule has 0 aliphatic carbocycles. The van der Waals surface area contributed by atoms with Gasteiger partial charge < -0.3 is 24.7 Å². The molecule has 0 saturated heterocycles. The van der Waals surface area contributed by atoms with E-state index in [1.54, 1.807) is 64.1 Å². The predicted octanol–water partition coefficient (Wildman–Crippen LogP) is 7.11. The van der Waals surface area contributed by atoms with Crippen molar-refractivity contribution in [3.63, 3.8) is 0 Å². The number of amides is 3. The van der Waals surface area contributed by atoms with Crippen LogP contribution in [0, 0.1) is 5.92 Å². The van der Waals surface area contributed by atoms with E-state index in [2.05, 4.69) is 0 Å². The van der Waals surface area contributed by atoms with Crippen LogP contribution < -0.4 is 14.5 Å². The fourth-order valence-corrected chi connectivity index (χ4v) is 6.91. The van der Waals surface area contributed by atoms with Crippen molar-refractivity contribution in [2.75, 3.05) is 23.0 Å². The van der Waals surface area contributed by atoms with Crippen molar-refractivity contribution in [2.45, 2.75) is 32.0 Å². The zero-order valence-corrected chi connectivity index (χ0v) is 28.8. The topological polar surface area (TPSA) is 111 Å². The lowest BCUT2D eigenvalue weighted by molar-refractivity contribution is -0.139. The van der Waals surface area contributed by atoms with Gasteiger partial charge in [0.15, 0.2) is 11.4 Å². The summed E-state index contributed by atoms with van der Waals surface area (Å²) >= 11 is 0. The zero-order valence-electron chi connectivity index (χ0n) is 28.8. The highest BCUT2D eigenvalue weighted by molar-refractivity contribution is 6.14. The van der Waals surface area contributed by atoms with Gasteiger partial charge in [-0.05, 0) is 53.6 Å². The summed E-state index contributed by atoms with van der Waals surface area (Å²) in [6.45, 7) is 2.38. The van der Waals surface area contributed by atoms with E-state index in [0.717, 1.165) is 11.1 Å². The van der Waals surface area contributed by atoms with Gasteiger partial charge in [-0.25, -0.2) is 0 Å². The molecule has 2 atom stereocenters. The molecule has 0 spiro atoms. The number of aliphatic hydroxyl groups is 2. The van der Waals surface area contributed by atoms with Gasteiger partial charge in [0.1, 0.15) is 5.75 Å². The van der Waals surface area contributed by atoms with Gasteiger partial charge >= 0.3 is 0 Å². The molecule has 0 saturated carbocycles. The van der Waals surface area contributed by atoms with Gasteiger partial charge in [0.05, 0.1) is 30.1 Å². The fraction of sp³-hybridized carbons (Fsp3) is 0.186. The van der Waals surface area contributed by atoms with Gasteiger partial charge in [0.2, 0.25) is 5.91 Å². The van der Waals surface area contributed by atoms with Crippen LogP contribution in [0.1, 0.15) is 40.4 Å². The fourth-order valence-electron chi connectivity index (χ4n) is 6.91. The molecule has 2 aliphatic rings. The molecule has 7 rings (SSSR count). The standard InChI is InChI=1S/C43H39N3O6/c1-30(12-11-21-40(48)44(26-27-47)28-31-13-3-2-4-14-31)43(51)35-16-6-7-17-36(35)45(42(43)50)29-32-22-24-33(25-23-32)46-37-18-8-10-20-39(37)52-38-19-9-5-15-34(38)41(46)49/h2-20,22-25,30,47,51H,21,26-29H2,1H3/b12-11+/t30-,43+/m0/s1. The quantitative estimate of drug-likeness (QED) is 0.143. The van der Waals surface area contributed by atoms with Crippen LogP contribution >= 0.6 is 0 Å². The van der Waals surface area contributed by atoms with Crippen molar-refractivity contribution in [1.29, 1.82) is 0 Å². The van der Waals surface area contributed by atoms with E-state index >= 15 is 0 Å². The van der Waals surface area contributed by atoms with Gasteiger partial charge in [0.25, 0.3) is 11.8 Å². The van der Waals surface area contributed by atoms with Crippen molar-refractivity contribution in [2.24, 2.45) is 5.92 Å². The van der Waals surface area contributed by atoms with E-state index < -0.39 is 17.4 Å². The van der Waals surface area contributed by atoms with Crippen LogP contribution in [0.3, 0.4) is 0 Å². The van der Waals surface area contributed by atoms with Gasteiger partial charge in [-0.2, -0.15) is 0 Å². The molecule has 52 heavy (non-hydrogen) atoms. The van der Waals surface area contributed by atoms with E-state index in [1.165, 1.54) is 0 Å². The summed E-state index contributed by atoms with van der Waals surface area (Å²) in [6, 6.07) is 38.8. The Hall–Kier alpha value is -6.03.